The molecular weight excluding hydrogens is 376 g/mol. The number of aldehydes is 1. The highest BCUT2D eigenvalue weighted by molar-refractivity contribution is 6.00. The maximum atomic E-state index is 11.7. The van der Waals surface area contributed by atoms with Gasteiger partial charge in [0.15, 0.2) is 5.78 Å². The van der Waals surface area contributed by atoms with Gasteiger partial charge >= 0.3 is 11.9 Å². The van der Waals surface area contributed by atoms with Crippen LogP contribution in [0.3, 0.4) is 0 Å². The zero-order valence-electron chi connectivity index (χ0n) is 16.5. The third-order valence-corrected chi connectivity index (χ3v) is 3.75. The Hall–Kier alpha value is -3.61. The fraction of sp³-hybridized carbons (Fsp3) is 0.227. The fourth-order valence-corrected chi connectivity index (χ4v) is 2.23. The number of hydrogen-bond acceptors (Lipinski definition) is 7. The van der Waals surface area contributed by atoms with E-state index in [1.165, 1.54) is 33.3 Å². The Kier molecular flexibility index (Phi) is 9.67. The molecule has 0 bridgehead atoms. The number of rotatable bonds is 7. The summed E-state index contributed by atoms with van der Waals surface area (Å²) in [6, 6.07) is 12.6. The molecule has 0 spiro atoms. The van der Waals surface area contributed by atoms with Gasteiger partial charge in [0, 0.05) is 24.0 Å². The van der Waals surface area contributed by atoms with Crippen molar-refractivity contribution in [1.82, 2.24) is 0 Å². The summed E-state index contributed by atoms with van der Waals surface area (Å²) in [4.78, 5) is 55.0. The topological polar surface area (TPSA) is 104 Å². The number of ketones is 2. The normalized spacial score (nSPS) is 9.48. The Morgan fingerprint density at radius 3 is 1.83 bits per heavy atom. The van der Waals surface area contributed by atoms with E-state index in [4.69, 9.17) is 0 Å². The third kappa shape index (κ3) is 7.88. The first kappa shape index (κ1) is 23.4. The number of carbonyl (C=O) groups excluding carboxylic acids is 5. The molecule has 0 aliphatic carbocycles. The summed E-state index contributed by atoms with van der Waals surface area (Å²) in [6.45, 7) is 1.44. The second kappa shape index (κ2) is 12.0. The molecule has 0 fully saturated rings. The summed E-state index contributed by atoms with van der Waals surface area (Å²) >= 11 is 0. The summed E-state index contributed by atoms with van der Waals surface area (Å²) in [6.07, 6.45) is 1.08. The van der Waals surface area contributed by atoms with Gasteiger partial charge in [-0.05, 0) is 31.2 Å². The van der Waals surface area contributed by atoms with E-state index < -0.39 is 11.9 Å². The van der Waals surface area contributed by atoms with Crippen LogP contribution < -0.4 is 0 Å². The Morgan fingerprint density at radius 1 is 0.793 bits per heavy atom. The molecule has 0 atom stereocenters. The standard InChI is InChI=1S/C13H14O4.C9H8O3/c1-9(14)6-7-12(15)10-4-3-5-11(8-10)13(16)17-2;1-12-9(11)8-4-2-3-7(5-8)6-10/h3-5,8H,6-7H2,1-2H3;2-6H,1H3. The molecule has 0 saturated heterocycles. The zero-order chi connectivity index (χ0) is 21.8. The van der Waals surface area contributed by atoms with E-state index in [-0.39, 0.29) is 24.4 Å². The van der Waals surface area contributed by atoms with Crippen molar-refractivity contribution in [2.75, 3.05) is 14.2 Å². The predicted octanol–water partition coefficient (Wildman–Crippen LogP) is 3.31. The highest BCUT2D eigenvalue weighted by Gasteiger charge is 2.11. The lowest BCUT2D eigenvalue weighted by atomic mass is 10.0. The van der Waals surface area contributed by atoms with Gasteiger partial charge in [0.1, 0.15) is 12.1 Å². The molecule has 152 valence electrons. The maximum absolute atomic E-state index is 11.7. The lowest BCUT2D eigenvalue weighted by Gasteiger charge is -2.02. The van der Waals surface area contributed by atoms with Crippen LogP contribution in [0.2, 0.25) is 0 Å². The van der Waals surface area contributed by atoms with Crippen molar-refractivity contribution in [2.24, 2.45) is 0 Å². The minimum Gasteiger partial charge on any atom is -0.465 e. The van der Waals surface area contributed by atoms with Crippen LogP contribution in [-0.2, 0) is 14.3 Å². The maximum Gasteiger partial charge on any atom is 0.337 e. The smallest absolute Gasteiger partial charge is 0.337 e. The van der Waals surface area contributed by atoms with Crippen LogP contribution in [0.4, 0.5) is 0 Å². The van der Waals surface area contributed by atoms with E-state index in [0.717, 1.165) is 0 Å². The Balaban J connectivity index is 0.000000308. The summed E-state index contributed by atoms with van der Waals surface area (Å²) < 4.78 is 9.05. The molecule has 0 radical (unpaired) electrons. The summed E-state index contributed by atoms with van der Waals surface area (Å²) in [5.74, 6) is -1.08. The number of benzene rings is 2. The molecule has 0 aliphatic rings. The highest BCUT2D eigenvalue weighted by atomic mass is 16.5. The number of carbonyl (C=O) groups is 5. The van der Waals surface area contributed by atoms with Gasteiger partial charge in [0.25, 0.3) is 0 Å². The summed E-state index contributed by atoms with van der Waals surface area (Å²) in [5, 5.41) is 0. The van der Waals surface area contributed by atoms with E-state index in [0.29, 0.717) is 28.5 Å². The fourth-order valence-electron chi connectivity index (χ4n) is 2.23. The van der Waals surface area contributed by atoms with Crippen molar-refractivity contribution in [3.05, 3.63) is 70.8 Å². The monoisotopic (exact) mass is 398 g/mol. The first-order chi connectivity index (χ1) is 13.8. The lowest BCUT2D eigenvalue weighted by Crippen LogP contribution is -2.06. The SMILES string of the molecule is COC(=O)c1cccc(C(=O)CCC(C)=O)c1.COC(=O)c1cccc(C=O)c1. The Morgan fingerprint density at radius 2 is 1.31 bits per heavy atom. The van der Waals surface area contributed by atoms with Crippen LogP contribution >= 0.6 is 0 Å². The molecule has 2 aromatic carbocycles. The molecule has 0 amide bonds. The number of methoxy groups -OCH3 is 2. The molecule has 2 aromatic rings. The molecule has 0 aliphatic heterocycles. The van der Waals surface area contributed by atoms with Crippen LogP contribution in [0.5, 0.6) is 0 Å². The summed E-state index contributed by atoms with van der Waals surface area (Å²) in [5.41, 5.74) is 1.62. The molecule has 0 N–H and O–H groups in total. The molecular formula is C22H22O7. The highest BCUT2D eigenvalue weighted by Crippen LogP contribution is 2.10. The molecule has 7 heteroatoms. The van der Waals surface area contributed by atoms with Crippen molar-refractivity contribution in [1.29, 1.82) is 0 Å². The third-order valence-electron chi connectivity index (χ3n) is 3.75. The van der Waals surface area contributed by atoms with Crippen molar-refractivity contribution < 1.29 is 33.4 Å². The molecule has 0 unspecified atom stereocenters. The van der Waals surface area contributed by atoms with E-state index >= 15 is 0 Å². The summed E-state index contributed by atoms with van der Waals surface area (Å²) in [7, 11) is 2.59. The van der Waals surface area contributed by atoms with E-state index in [1.54, 1.807) is 36.4 Å². The van der Waals surface area contributed by atoms with Crippen molar-refractivity contribution in [3.63, 3.8) is 0 Å². The van der Waals surface area contributed by atoms with Crippen LogP contribution in [0.15, 0.2) is 48.5 Å². The van der Waals surface area contributed by atoms with Gasteiger partial charge in [-0.25, -0.2) is 9.59 Å². The zero-order valence-corrected chi connectivity index (χ0v) is 16.5. The van der Waals surface area contributed by atoms with Gasteiger partial charge in [0.2, 0.25) is 0 Å². The van der Waals surface area contributed by atoms with Crippen LogP contribution in [0, 0.1) is 0 Å². The predicted molar refractivity (Wildman–Crippen MR) is 105 cm³/mol. The Labute approximate surface area is 168 Å². The van der Waals surface area contributed by atoms with E-state index in [1.807, 2.05) is 0 Å². The minimum atomic E-state index is -0.480. The van der Waals surface area contributed by atoms with Gasteiger partial charge in [-0.3, -0.25) is 9.59 Å². The number of esters is 2. The van der Waals surface area contributed by atoms with Crippen molar-refractivity contribution in [3.8, 4) is 0 Å². The van der Waals surface area contributed by atoms with Crippen LogP contribution in [-0.4, -0.2) is 44.0 Å². The van der Waals surface area contributed by atoms with Gasteiger partial charge < -0.3 is 14.3 Å². The molecule has 0 aromatic heterocycles. The first-order valence-electron chi connectivity index (χ1n) is 8.67. The lowest BCUT2D eigenvalue weighted by molar-refractivity contribution is -0.117. The largest absolute Gasteiger partial charge is 0.465 e. The molecule has 0 heterocycles. The number of Topliss-reactive ketones (excluding diaryl/α,β-unsaturated/α-hetero) is 2. The first-order valence-corrected chi connectivity index (χ1v) is 8.67. The average molecular weight is 398 g/mol. The van der Waals surface area contributed by atoms with Gasteiger partial charge in [-0.2, -0.15) is 0 Å². The average Bonchev–Trinajstić information content (AvgIpc) is 2.76. The minimum absolute atomic E-state index is 0.0255. The molecule has 2 rings (SSSR count). The van der Waals surface area contributed by atoms with Crippen LogP contribution in [0.1, 0.15) is 61.2 Å². The van der Waals surface area contributed by atoms with Crippen molar-refractivity contribution in [2.45, 2.75) is 19.8 Å². The molecule has 7 nitrogen and oxygen atoms in total. The Bertz CT molecular complexity index is 900. The number of ether oxygens (including phenoxy) is 2. The van der Waals surface area contributed by atoms with Crippen molar-refractivity contribution >= 4 is 29.8 Å². The second-order valence-electron chi connectivity index (χ2n) is 5.93. The second-order valence-corrected chi connectivity index (χ2v) is 5.93. The number of hydrogen-bond donors (Lipinski definition) is 0. The van der Waals surface area contributed by atoms with Crippen LogP contribution in [0.25, 0.3) is 0 Å². The van der Waals surface area contributed by atoms with E-state index in [2.05, 4.69) is 9.47 Å². The molecule has 29 heavy (non-hydrogen) atoms. The molecule has 0 saturated carbocycles. The quantitative estimate of drug-likeness (QED) is 0.400. The van der Waals surface area contributed by atoms with Gasteiger partial charge in [0.05, 0.1) is 25.3 Å². The van der Waals surface area contributed by atoms with Gasteiger partial charge in [-0.1, -0.05) is 24.3 Å². The van der Waals surface area contributed by atoms with Gasteiger partial charge in [-0.15, -0.1) is 0 Å². The van der Waals surface area contributed by atoms with E-state index in [9.17, 15) is 24.0 Å².